The molecule has 9 heteroatoms. The van der Waals surface area contributed by atoms with E-state index in [1.807, 2.05) is 13.8 Å². The number of nitrogens with zero attached hydrogens (tertiary/aromatic N) is 1. The van der Waals surface area contributed by atoms with Crippen molar-refractivity contribution in [3.63, 3.8) is 0 Å². The first-order valence-corrected chi connectivity index (χ1v) is 12.2. The maximum absolute atomic E-state index is 13.2. The number of hydrogen-bond donors (Lipinski definition) is 1. The van der Waals surface area contributed by atoms with E-state index >= 15 is 0 Å². The van der Waals surface area contributed by atoms with Crippen LogP contribution in [0, 0.1) is 13.8 Å². The third-order valence-electron chi connectivity index (χ3n) is 5.18. The number of likely N-dealkylation sites (N-methyl/N-ethyl adjacent to an activating group) is 1. The molecule has 2 atom stereocenters. The molecule has 0 bridgehead atoms. The van der Waals surface area contributed by atoms with Gasteiger partial charge >= 0.3 is 0 Å². The van der Waals surface area contributed by atoms with E-state index in [1.54, 1.807) is 24.3 Å². The summed E-state index contributed by atoms with van der Waals surface area (Å²) in [5.74, 6) is -0.526. The zero-order chi connectivity index (χ0) is 21.4. The summed E-state index contributed by atoms with van der Waals surface area (Å²) in [5, 5.41) is 1.44. The largest absolute Gasteiger partial charge is 0.358 e. The van der Waals surface area contributed by atoms with Gasteiger partial charge in [-0.2, -0.15) is 4.31 Å². The summed E-state index contributed by atoms with van der Waals surface area (Å²) in [7, 11) is -6.43. The van der Waals surface area contributed by atoms with Gasteiger partial charge in [0.05, 0.1) is 15.0 Å². The Labute approximate surface area is 171 Å². The average Bonchev–Trinajstić information content (AvgIpc) is 3.15. The van der Waals surface area contributed by atoms with Crippen LogP contribution in [0.25, 0.3) is 0 Å². The maximum Gasteiger partial charge on any atom is 0.243 e. The van der Waals surface area contributed by atoms with Crippen LogP contribution in [0.2, 0.25) is 0 Å². The number of carbonyl (C=O) groups is 1. The van der Waals surface area contributed by atoms with E-state index in [9.17, 15) is 21.6 Å². The third kappa shape index (κ3) is 4.08. The third-order valence-corrected chi connectivity index (χ3v) is 9.22. The summed E-state index contributed by atoms with van der Waals surface area (Å²) >= 11 is 0. The van der Waals surface area contributed by atoms with Crippen LogP contribution >= 0.6 is 0 Å². The van der Waals surface area contributed by atoms with Gasteiger partial charge in [0.1, 0.15) is 6.04 Å². The second kappa shape index (κ2) is 7.89. The molecule has 0 radical (unpaired) electrons. The lowest BCUT2D eigenvalue weighted by Gasteiger charge is -2.22. The molecule has 1 aliphatic heterocycles. The highest BCUT2D eigenvalue weighted by molar-refractivity contribution is 7.92. The van der Waals surface area contributed by atoms with Gasteiger partial charge in [-0.1, -0.05) is 35.4 Å². The van der Waals surface area contributed by atoms with Crippen LogP contribution in [0.3, 0.4) is 0 Å². The van der Waals surface area contributed by atoms with Crippen molar-refractivity contribution in [3.05, 3.63) is 59.7 Å². The summed E-state index contributed by atoms with van der Waals surface area (Å²) in [6.07, 6.45) is -0.0963. The summed E-state index contributed by atoms with van der Waals surface area (Å²) in [6.45, 7) is 3.41. The Balaban J connectivity index is 2.00. The van der Waals surface area contributed by atoms with E-state index in [-0.39, 0.29) is 22.8 Å². The number of benzene rings is 2. The predicted octanol–water partition coefficient (Wildman–Crippen LogP) is 1.65. The number of hydrogen-bond acceptors (Lipinski definition) is 5. The van der Waals surface area contributed by atoms with E-state index in [2.05, 4.69) is 5.32 Å². The van der Waals surface area contributed by atoms with Crippen LogP contribution < -0.4 is 5.32 Å². The lowest BCUT2D eigenvalue weighted by Crippen LogP contribution is -2.44. The Morgan fingerprint density at radius 1 is 0.897 bits per heavy atom. The number of rotatable bonds is 5. The predicted molar refractivity (Wildman–Crippen MR) is 110 cm³/mol. The highest BCUT2D eigenvalue weighted by Gasteiger charge is 2.48. The first-order chi connectivity index (χ1) is 13.6. The van der Waals surface area contributed by atoms with E-state index in [1.165, 1.54) is 31.3 Å². The number of aryl methyl sites for hydroxylation is 2. The SMILES string of the molecule is CNC(=O)[C@@H]1C[C@H](S(=O)(=O)c2ccc(C)cc2)CN1S(=O)(=O)c1ccc(C)cc1. The average molecular weight is 437 g/mol. The maximum atomic E-state index is 13.2. The Morgan fingerprint density at radius 2 is 1.38 bits per heavy atom. The van der Waals surface area contributed by atoms with Crippen molar-refractivity contribution in [2.75, 3.05) is 13.6 Å². The van der Waals surface area contributed by atoms with Gasteiger partial charge in [-0.3, -0.25) is 4.79 Å². The van der Waals surface area contributed by atoms with Gasteiger partial charge in [0, 0.05) is 13.6 Å². The zero-order valence-electron chi connectivity index (χ0n) is 16.5. The van der Waals surface area contributed by atoms with Crippen LogP contribution in [0.5, 0.6) is 0 Å². The first-order valence-electron chi connectivity index (χ1n) is 9.18. The molecule has 29 heavy (non-hydrogen) atoms. The van der Waals surface area contributed by atoms with E-state index < -0.39 is 37.1 Å². The van der Waals surface area contributed by atoms with Gasteiger partial charge in [-0.25, -0.2) is 16.8 Å². The van der Waals surface area contributed by atoms with Crippen LogP contribution in [0.4, 0.5) is 0 Å². The lowest BCUT2D eigenvalue weighted by molar-refractivity contribution is -0.123. The fourth-order valence-corrected chi connectivity index (χ4v) is 6.86. The molecule has 1 heterocycles. The molecule has 1 N–H and O–H groups in total. The topological polar surface area (TPSA) is 101 Å². The second-order valence-corrected chi connectivity index (χ2v) is 11.4. The van der Waals surface area contributed by atoms with Crippen molar-refractivity contribution in [2.45, 2.75) is 41.4 Å². The molecule has 0 spiro atoms. The molecule has 1 fully saturated rings. The normalized spacial score (nSPS) is 20.5. The highest BCUT2D eigenvalue weighted by atomic mass is 32.2. The monoisotopic (exact) mass is 436 g/mol. The van der Waals surface area contributed by atoms with Crippen molar-refractivity contribution in [1.29, 1.82) is 0 Å². The van der Waals surface area contributed by atoms with Gasteiger partial charge in [0.15, 0.2) is 9.84 Å². The minimum Gasteiger partial charge on any atom is -0.358 e. The Bertz CT molecular complexity index is 1110. The van der Waals surface area contributed by atoms with E-state index in [0.29, 0.717) is 0 Å². The van der Waals surface area contributed by atoms with E-state index in [0.717, 1.165) is 15.4 Å². The molecule has 7 nitrogen and oxygen atoms in total. The summed E-state index contributed by atoms with van der Waals surface area (Å²) in [6, 6.07) is 11.6. The summed E-state index contributed by atoms with van der Waals surface area (Å²) in [4.78, 5) is 12.6. The Kier molecular flexibility index (Phi) is 5.84. The molecule has 0 aromatic heterocycles. The number of nitrogens with one attached hydrogen (secondary N) is 1. The van der Waals surface area contributed by atoms with E-state index in [4.69, 9.17) is 0 Å². The minimum absolute atomic E-state index is 0.0328. The molecule has 0 unspecified atom stereocenters. The molecule has 1 saturated heterocycles. The molecule has 2 aromatic carbocycles. The molecule has 1 aliphatic rings. The fourth-order valence-electron chi connectivity index (χ4n) is 3.43. The summed E-state index contributed by atoms with van der Waals surface area (Å²) < 4.78 is 53.6. The van der Waals surface area contributed by atoms with Gasteiger partial charge in [-0.05, 0) is 44.5 Å². The van der Waals surface area contributed by atoms with Crippen molar-refractivity contribution < 1.29 is 21.6 Å². The molecule has 3 rings (SSSR count). The van der Waals surface area contributed by atoms with Gasteiger partial charge < -0.3 is 5.32 Å². The van der Waals surface area contributed by atoms with Crippen LogP contribution in [0.15, 0.2) is 58.3 Å². The fraction of sp³-hybridized carbons (Fsp3) is 0.350. The van der Waals surface area contributed by atoms with Crippen molar-refractivity contribution >= 4 is 25.8 Å². The van der Waals surface area contributed by atoms with Crippen molar-refractivity contribution in [2.24, 2.45) is 0 Å². The molecule has 2 aromatic rings. The number of sulfone groups is 1. The van der Waals surface area contributed by atoms with Crippen LogP contribution in [-0.4, -0.2) is 51.9 Å². The smallest absolute Gasteiger partial charge is 0.243 e. The van der Waals surface area contributed by atoms with Crippen LogP contribution in [-0.2, 0) is 24.7 Å². The molecular formula is C20H24N2O5S2. The van der Waals surface area contributed by atoms with Gasteiger partial charge in [0.2, 0.25) is 15.9 Å². The lowest BCUT2D eigenvalue weighted by atomic mass is 10.2. The van der Waals surface area contributed by atoms with Gasteiger partial charge in [0.25, 0.3) is 0 Å². The van der Waals surface area contributed by atoms with Gasteiger partial charge in [-0.15, -0.1) is 0 Å². The molecule has 0 saturated carbocycles. The number of carbonyl (C=O) groups excluding carboxylic acids is 1. The number of amides is 1. The minimum atomic E-state index is -4.03. The van der Waals surface area contributed by atoms with Crippen LogP contribution in [0.1, 0.15) is 17.5 Å². The highest BCUT2D eigenvalue weighted by Crippen LogP contribution is 2.32. The summed E-state index contributed by atoms with van der Waals surface area (Å²) in [5.41, 5.74) is 1.82. The second-order valence-electron chi connectivity index (χ2n) is 7.23. The molecular weight excluding hydrogens is 412 g/mol. The quantitative estimate of drug-likeness (QED) is 0.768. The first kappa shape index (κ1) is 21.5. The Hall–Kier alpha value is -2.23. The molecule has 0 aliphatic carbocycles. The zero-order valence-corrected chi connectivity index (χ0v) is 18.1. The molecule has 1 amide bonds. The van der Waals surface area contributed by atoms with Crippen molar-refractivity contribution in [1.82, 2.24) is 9.62 Å². The number of sulfonamides is 1. The molecule has 156 valence electrons. The van der Waals surface area contributed by atoms with Crippen molar-refractivity contribution in [3.8, 4) is 0 Å². The Morgan fingerprint density at radius 3 is 1.86 bits per heavy atom. The standard InChI is InChI=1S/C20H24N2O5S2/c1-14-4-8-16(9-5-14)28(24,25)18-12-19(20(23)21-3)22(13-18)29(26,27)17-10-6-15(2)7-11-17/h4-11,18-19H,12-13H2,1-3H3,(H,21,23)/t18-,19-/m0/s1.